The Kier molecular flexibility index (Phi) is 4.59. The fraction of sp³-hybridized carbons (Fsp3) is 0.562. The van der Waals surface area contributed by atoms with Crippen LogP contribution in [0.3, 0.4) is 0 Å². The molecule has 2 rings (SSSR count). The average Bonchev–Trinajstić information content (AvgIpc) is 2.39. The molecular weight excluding hydrogens is 236 g/mol. The molecule has 1 saturated heterocycles. The quantitative estimate of drug-likeness (QED) is 0.832. The highest BCUT2D eigenvalue weighted by atomic mass is 16.2. The van der Waals surface area contributed by atoms with E-state index < -0.39 is 0 Å². The van der Waals surface area contributed by atoms with E-state index in [4.69, 9.17) is 0 Å². The Bertz CT molecular complexity index is 417. The number of carbonyl (C=O) groups excluding carboxylic acids is 1. The molecule has 19 heavy (non-hydrogen) atoms. The third kappa shape index (κ3) is 3.80. The van der Waals surface area contributed by atoms with Crippen LogP contribution in [0.4, 0.5) is 0 Å². The second-order valence-electron chi connectivity index (χ2n) is 5.89. The minimum absolute atomic E-state index is 0.171. The molecule has 0 spiro atoms. The Morgan fingerprint density at radius 2 is 1.68 bits per heavy atom. The van der Waals surface area contributed by atoms with Gasteiger partial charge in [0.25, 0.3) is 5.91 Å². The number of piperazine rings is 1. The van der Waals surface area contributed by atoms with Crippen LogP contribution in [0.1, 0.15) is 29.8 Å². The zero-order valence-corrected chi connectivity index (χ0v) is 12.2. The first-order valence-electron chi connectivity index (χ1n) is 7.13. The lowest BCUT2D eigenvalue weighted by atomic mass is 10.0. The van der Waals surface area contributed by atoms with Crippen LogP contribution in [-0.2, 0) is 6.42 Å². The first-order chi connectivity index (χ1) is 9.06. The number of amides is 1. The molecule has 1 aliphatic heterocycles. The fourth-order valence-electron chi connectivity index (χ4n) is 2.45. The SMILES string of the molecule is CC(C)Cc1ccc(C(=O)N2CCN(C)CC2)cc1. The van der Waals surface area contributed by atoms with Gasteiger partial charge in [0.15, 0.2) is 0 Å². The van der Waals surface area contributed by atoms with E-state index in [1.165, 1.54) is 5.56 Å². The molecule has 1 amide bonds. The van der Waals surface area contributed by atoms with Crippen LogP contribution < -0.4 is 0 Å². The van der Waals surface area contributed by atoms with Gasteiger partial charge in [-0.2, -0.15) is 0 Å². The van der Waals surface area contributed by atoms with Gasteiger partial charge in [0, 0.05) is 31.7 Å². The summed E-state index contributed by atoms with van der Waals surface area (Å²) in [7, 11) is 2.10. The monoisotopic (exact) mass is 260 g/mol. The highest BCUT2D eigenvalue weighted by molar-refractivity contribution is 5.94. The number of rotatable bonds is 3. The molecule has 1 aliphatic rings. The Morgan fingerprint density at radius 3 is 2.21 bits per heavy atom. The number of carbonyl (C=O) groups is 1. The van der Waals surface area contributed by atoms with Crippen LogP contribution in [0.25, 0.3) is 0 Å². The van der Waals surface area contributed by atoms with Gasteiger partial charge in [-0.05, 0) is 37.1 Å². The predicted octanol–water partition coefficient (Wildman–Crippen LogP) is 2.27. The van der Waals surface area contributed by atoms with Crippen molar-refractivity contribution >= 4 is 5.91 Å². The van der Waals surface area contributed by atoms with E-state index in [1.54, 1.807) is 0 Å². The van der Waals surface area contributed by atoms with Gasteiger partial charge >= 0.3 is 0 Å². The van der Waals surface area contributed by atoms with Crippen LogP contribution >= 0.6 is 0 Å². The van der Waals surface area contributed by atoms with Crippen LogP contribution in [0.5, 0.6) is 0 Å². The molecule has 1 aromatic rings. The summed E-state index contributed by atoms with van der Waals surface area (Å²) in [4.78, 5) is 16.6. The van der Waals surface area contributed by atoms with Gasteiger partial charge in [-0.25, -0.2) is 0 Å². The molecule has 104 valence electrons. The van der Waals surface area contributed by atoms with Crippen molar-refractivity contribution in [2.24, 2.45) is 5.92 Å². The molecule has 0 saturated carbocycles. The Hall–Kier alpha value is -1.35. The smallest absolute Gasteiger partial charge is 0.253 e. The van der Waals surface area contributed by atoms with Crippen LogP contribution in [-0.4, -0.2) is 48.9 Å². The summed E-state index contributed by atoms with van der Waals surface area (Å²) in [5, 5.41) is 0. The number of hydrogen-bond acceptors (Lipinski definition) is 2. The molecule has 0 unspecified atom stereocenters. The lowest BCUT2D eigenvalue weighted by Gasteiger charge is -2.32. The lowest BCUT2D eigenvalue weighted by molar-refractivity contribution is 0.0664. The molecule has 0 aromatic heterocycles. The van der Waals surface area contributed by atoms with E-state index >= 15 is 0 Å². The standard InChI is InChI=1S/C16H24N2O/c1-13(2)12-14-4-6-15(7-5-14)16(19)18-10-8-17(3)9-11-18/h4-7,13H,8-12H2,1-3H3. The molecule has 3 nitrogen and oxygen atoms in total. The molecule has 1 heterocycles. The summed E-state index contributed by atoms with van der Waals surface area (Å²) < 4.78 is 0. The van der Waals surface area contributed by atoms with E-state index in [9.17, 15) is 4.79 Å². The molecular formula is C16H24N2O. The van der Waals surface area contributed by atoms with Crippen molar-refractivity contribution in [1.29, 1.82) is 0 Å². The maximum Gasteiger partial charge on any atom is 0.253 e. The summed E-state index contributed by atoms with van der Waals surface area (Å²) in [5.74, 6) is 0.823. The molecule has 1 fully saturated rings. The zero-order valence-electron chi connectivity index (χ0n) is 12.2. The first kappa shape index (κ1) is 14.1. The maximum absolute atomic E-state index is 12.3. The normalized spacial score (nSPS) is 16.9. The van der Waals surface area contributed by atoms with E-state index in [-0.39, 0.29) is 5.91 Å². The minimum atomic E-state index is 0.171. The van der Waals surface area contributed by atoms with Gasteiger partial charge in [0.1, 0.15) is 0 Å². The Labute approximate surface area is 116 Å². The highest BCUT2D eigenvalue weighted by Gasteiger charge is 2.20. The van der Waals surface area contributed by atoms with Crippen molar-refractivity contribution in [3.63, 3.8) is 0 Å². The number of benzene rings is 1. The van der Waals surface area contributed by atoms with E-state index in [0.29, 0.717) is 5.92 Å². The van der Waals surface area contributed by atoms with E-state index in [1.807, 2.05) is 17.0 Å². The molecule has 0 N–H and O–H groups in total. The second kappa shape index (κ2) is 6.20. The van der Waals surface area contributed by atoms with Crippen LogP contribution in [0.15, 0.2) is 24.3 Å². The van der Waals surface area contributed by atoms with Crippen molar-refractivity contribution in [3.05, 3.63) is 35.4 Å². The molecule has 0 radical (unpaired) electrons. The highest BCUT2D eigenvalue weighted by Crippen LogP contribution is 2.12. The molecule has 0 atom stereocenters. The van der Waals surface area contributed by atoms with Gasteiger partial charge in [-0.15, -0.1) is 0 Å². The largest absolute Gasteiger partial charge is 0.336 e. The third-order valence-corrected chi connectivity index (χ3v) is 3.64. The van der Waals surface area contributed by atoms with E-state index in [0.717, 1.165) is 38.2 Å². The minimum Gasteiger partial charge on any atom is -0.336 e. The van der Waals surface area contributed by atoms with Crippen LogP contribution in [0.2, 0.25) is 0 Å². The topological polar surface area (TPSA) is 23.6 Å². The van der Waals surface area contributed by atoms with Gasteiger partial charge in [0.05, 0.1) is 0 Å². The Balaban J connectivity index is 1.99. The van der Waals surface area contributed by atoms with Crippen molar-refractivity contribution in [2.75, 3.05) is 33.2 Å². The van der Waals surface area contributed by atoms with Gasteiger partial charge in [-0.3, -0.25) is 4.79 Å². The summed E-state index contributed by atoms with van der Waals surface area (Å²) in [6, 6.07) is 8.11. The molecule has 1 aromatic carbocycles. The summed E-state index contributed by atoms with van der Waals surface area (Å²) in [6.45, 7) is 8.03. The maximum atomic E-state index is 12.3. The first-order valence-corrected chi connectivity index (χ1v) is 7.13. The summed E-state index contributed by atoms with van der Waals surface area (Å²) >= 11 is 0. The van der Waals surface area contributed by atoms with Crippen molar-refractivity contribution in [2.45, 2.75) is 20.3 Å². The Morgan fingerprint density at radius 1 is 1.11 bits per heavy atom. The predicted molar refractivity (Wildman–Crippen MR) is 78.4 cm³/mol. The average molecular weight is 260 g/mol. The zero-order chi connectivity index (χ0) is 13.8. The second-order valence-corrected chi connectivity index (χ2v) is 5.89. The molecule has 0 aliphatic carbocycles. The summed E-state index contributed by atoms with van der Waals surface area (Å²) in [5.41, 5.74) is 2.13. The van der Waals surface area contributed by atoms with E-state index in [2.05, 4.69) is 37.9 Å². The van der Waals surface area contributed by atoms with Crippen molar-refractivity contribution in [3.8, 4) is 0 Å². The molecule has 0 bridgehead atoms. The molecule has 3 heteroatoms. The lowest BCUT2D eigenvalue weighted by Crippen LogP contribution is -2.47. The number of likely N-dealkylation sites (N-methyl/N-ethyl adjacent to an activating group) is 1. The number of nitrogens with zero attached hydrogens (tertiary/aromatic N) is 2. The van der Waals surface area contributed by atoms with Crippen molar-refractivity contribution in [1.82, 2.24) is 9.80 Å². The summed E-state index contributed by atoms with van der Waals surface area (Å²) in [6.07, 6.45) is 1.07. The van der Waals surface area contributed by atoms with Gasteiger partial charge in [0.2, 0.25) is 0 Å². The van der Waals surface area contributed by atoms with Crippen LogP contribution in [0, 0.1) is 5.92 Å². The third-order valence-electron chi connectivity index (χ3n) is 3.64. The van der Waals surface area contributed by atoms with Crippen molar-refractivity contribution < 1.29 is 4.79 Å². The van der Waals surface area contributed by atoms with Gasteiger partial charge in [-0.1, -0.05) is 26.0 Å². The fourth-order valence-corrected chi connectivity index (χ4v) is 2.45. The number of hydrogen-bond donors (Lipinski definition) is 0. The van der Waals surface area contributed by atoms with Gasteiger partial charge < -0.3 is 9.80 Å².